The molecule has 1 fully saturated rings. The maximum Gasteiger partial charge on any atom is 0.303 e. The molecule has 18 heavy (non-hydrogen) atoms. The molecular formula is C14H22O4. The monoisotopic (exact) mass is 254 g/mol. The lowest BCUT2D eigenvalue weighted by molar-refractivity contribution is -0.157. The van der Waals surface area contributed by atoms with Crippen LogP contribution in [0.3, 0.4) is 0 Å². The van der Waals surface area contributed by atoms with Crippen LogP contribution in [0.15, 0.2) is 0 Å². The van der Waals surface area contributed by atoms with Gasteiger partial charge in [-0.1, -0.05) is 13.3 Å². The Kier molecular flexibility index (Phi) is 6.02. The zero-order valence-corrected chi connectivity index (χ0v) is 11.2. The van der Waals surface area contributed by atoms with Gasteiger partial charge in [0.1, 0.15) is 6.29 Å². The number of ether oxygens (including phenoxy) is 1. The summed E-state index contributed by atoms with van der Waals surface area (Å²) in [6.45, 7) is 3.30. The van der Waals surface area contributed by atoms with Gasteiger partial charge in [-0.15, -0.1) is 0 Å². The molecule has 4 nitrogen and oxygen atoms in total. The van der Waals surface area contributed by atoms with E-state index >= 15 is 0 Å². The first-order chi connectivity index (χ1) is 8.58. The molecule has 0 radical (unpaired) electrons. The fraction of sp³-hybridized carbons (Fsp3) is 0.786. The van der Waals surface area contributed by atoms with Crippen molar-refractivity contribution in [2.45, 2.75) is 58.5 Å². The minimum atomic E-state index is -0.728. The second-order valence-corrected chi connectivity index (χ2v) is 5.09. The van der Waals surface area contributed by atoms with Crippen LogP contribution in [0.5, 0.6) is 0 Å². The lowest BCUT2D eigenvalue weighted by atomic mass is 9.89. The predicted octanol–water partition coefficient (Wildman–Crippen LogP) is 2.29. The second kappa shape index (κ2) is 7.29. The van der Waals surface area contributed by atoms with Crippen molar-refractivity contribution in [2.24, 2.45) is 11.8 Å². The van der Waals surface area contributed by atoms with Crippen LogP contribution in [-0.4, -0.2) is 24.1 Å². The standard InChI is InChI=1S/C14H22O4/c1-3-4-12(7-8-15)14(18-10(2)16)13(17)9-11-5-6-11/h8,11-12,14H,3-7,9H2,1-2H3/t12-,14?/m1/s1. The summed E-state index contributed by atoms with van der Waals surface area (Å²) in [6.07, 6.45) is 4.61. The number of hydrogen-bond acceptors (Lipinski definition) is 4. The predicted molar refractivity (Wildman–Crippen MR) is 67.0 cm³/mol. The van der Waals surface area contributed by atoms with Gasteiger partial charge in [0, 0.05) is 25.7 Å². The molecule has 1 aliphatic carbocycles. The van der Waals surface area contributed by atoms with Crippen molar-refractivity contribution in [1.82, 2.24) is 0 Å². The highest BCUT2D eigenvalue weighted by molar-refractivity contribution is 5.86. The van der Waals surface area contributed by atoms with Crippen LogP contribution in [0.25, 0.3) is 0 Å². The average molecular weight is 254 g/mol. The largest absolute Gasteiger partial charge is 0.454 e. The molecule has 0 saturated heterocycles. The van der Waals surface area contributed by atoms with E-state index in [9.17, 15) is 14.4 Å². The number of aldehydes is 1. The van der Waals surface area contributed by atoms with Gasteiger partial charge in [0.15, 0.2) is 11.9 Å². The highest BCUT2D eigenvalue weighted by Crippen LogP contribution is 2.34. The number of carbonyl (C=O) groups excluding carboxylic acids is 3. The third kappa shape index (κ3) is 4.98. The first-order valence-corrected chi connectivity index (χ1v) is 6.72. The van der Waals surface area contributed by atoms with Crippen molar-refractivity contribution < 1.29 is 19.1 Å². The molecule has 102 valence electrons. The molecule has 2 atom stereocenters. The molecule has 0 spiro atoms. The first kappa shape index (κ1) is 14.9. The van der Waals surface area contributed by atoms with Gasteiger partial charge in [-0.2, -0.15) is 0 Å². The minimum absolute atomic E-state index is 0.0204. The van der Waals surface area contributed by atoms with E-state index in [1.807, 2.05) is 6.92 Å². The molecular weight excluding hydrogens is 232 g/mol. The van der Waals surface area contributed by atoms with E-state index in [4.69, 9.17) is 4.74 Å². The summed E-state index contributed by atoms with van der Waals surface area (Å²) in [5.41, 5.74) is 0. The number of rotatable bonds is 9. The van der Waals surface area contributed by atoms with Crippen LogP contribution in [0, 0.1) is 11.8 Å². The molecule has 1 unspecified atom stereocenters. The molecule has 0 N–H and O–H groups in total. The molecule has 0 heterocycles. The summed E-state index contributed by atoms with van der Waals surface area (Å²) in [7, 11) is 0. The SMILES string of the molecule is CCC[C@H](CC=O)C(OC(C)=O)C(=O)CC1CC1. The summed E-state index contributed by atoms with van der Waals surface area (Å²) in [5, 5.41) is 0. The van der Waals surface area contributed by atoms with Crippen LogP contribution >= 0.6 is 0 Å². The Hall–Kier alpha value is -1.19. The molecule has 0 aromatic heterocycles. The topological polar surface area (TPSA) is 60.4 Å². The van der Waals surface area contributed by atoms with Crippen LogP contribution < -0.4 is 0 Å². The highest BCUT2D eigenvalue weighted by Gasteiger charge is 2.34. The third-order valence-corrected chi connectivity index (χ3v) is 3.28. The van der Waals surface area contributed by atoms with E-state index in [1.54, 1.807) is 0 Å². The van der Waals surface area contributed by atoms with E-state index in [2.05, 4.69) is 0 Å². The van der Waals surface area contributed by atoms with Gasteiger partial charge in [0.05, 0.1) is 0 Å². The lowest BCUT2D eigenvalue weighted by Crippen LogP contribution is -2.34. The number of ketones is 1. The van der Waals surface area contributed by atoms with Crippen LogP contribution in [0.4, 0.5) is 0 Å². The maximum absolute atomic E-state index is 12.1. The fourth-order valence-electron chi connectivity index (χ4n) is 2.21. The van der Waals surface area contributed by atoms with Crippen molar-refractivity contribution in [2.75, 3.05) is 0 Å². The summed E-state index contributed by atoms with van der Waals surface area (Å²) in [6, 6.07) is 0. The van der Waals surface area contributed by atoms with Crippen LogP contribution in [0.1, 0.15) is 52.4 Å². The zero-order chi connectivity index (χ0) is 13.5. The molecule has 0 aromatic rings. The molecule has 1 saturated carbocycles. The van der Waals surface area contributed by atoms with E-state index in [0.29, 0.717) is 12.3 Å². The zero-order valence-electron chi connectivity index (χ0n) is 11.2. The quantitative estimate of drug-likeness (QED) is 0.468. The number of carbonyl (C=O) groups is 3. The lowest BCUT2D eigenvalue weighted by Gasteiger charge is -2.24. The second-order valence-electron chi connectivity index (χ2n) is 5.09. The van der Waals surface area contributed by atoms with E-state index in [0.717, 1.165) is 32.0 Å². The van der Waals surface area contributed by atoms with Crippen molar-refractivity contribution in [1.29, 1.82) is 0 Å². The summed E-state index contributed by atoms with van der Waals surface area (Å²) in [4.78, 5) is 33.9. The van der Waals surface area contributed by atoms with Gasteiger partial charge in [0.2, 0.25) is 0 Å². The fourth-order valence-corrected chi connectivity index (χ4v) is 2.21. The summed E-state index contributed by atoms with van der Waals surface area (Å²) >= 11 is 0. The molecule has 0 bridgehead atoms. The molecule has 0 aliphatic heterocycles. The Labute approximate surface area is 108 Å². The average Bonchev–Trinajstić information content (AvgIpc) is 3.09. The molecule has 4 heteroatoms. The van der Waals surface area contributed by atoms with Gasteiger partial charge in [-0.3, -0.25) is 9.59 Å². The van der Waals surface area contributed by atoms with E-state index in [-0.39, 0.29) is 18.1 Å². The Morgan fingerprint density at radius 3 is 2.50 bits per heavy atom. The van der Waals surface area contributed by atoms with Gasteiger partial charge in [-0.25, -0.2) is 0 Å². The molecule has 1 aliphatic rings. The van der Waals surface area contributed by atoms with Gasteiger partial charge < -0.3 is 9.53 Å². The summed E-state index contributed by atoms with van der Waals surface area (Å²) in [5.74, 6) is -0.166. The Bertz CT molecular complexity index is 307. The molecule has 0 aromatic carbocycles. The maximum atomic E-state index is 12.1. The van der Waals surface area contributed by atoms with Crippen molar-refractivity contribution in [3.05, 3.63) is 0 Å². The van der Waals surface area contributed by atoms with Crippen molar-refractivity contribution in [3.63, 3.8) is 0 Å². The molecule has 0 amide bonds. The van der Waals surface area contributed by atoms with Crippen molar-refractivity contribution in [3.8, 4) is 0 Å². The van der Waals surface area contributed by atoms with Crippen LogP contribution in [-0.2, 0) is 19.1 Å². The smallest absolute Gasteiger partial charge is 0.303 e. The third-order valence-electron chi connectivity index (χ3n) is 3.28. The van der Waals surface area contributed by atoms with E-state index in [1.165, 1.54) is 6.92 Å². The Morgan fingerprint density at radius 1 is 1.39 bits per heavy atom. The Balaban J connectivity index is 2.67. The molecule has 1 rings (SSSR count). The minimum Gasteiger partial charge on any atom is -0.454 e. The van der Waals surface area contributed by atoms with Gasteiger partial charge in [0.25, 0.3) is 0 Å². The van der Waals surface area contributed by atoms with E-state index < -0.39 is 12.1 Å². The Morgan fingerprint density at radius 2 is 2.06 bits per heavy atom. The number of Topliss-reactive ketones (excluding diaryl/α,β-unsaturated/α-hetero) is 1. The highest BCUT2D eigenvalue weighted by atomic mass is 16.5. The van der Waals surface area contributed by atoms with Gasteiger partial charge in [-0.05, 0) is 25.2 Å². The van der Waals surface area contributed by atoms with Gasteiger partial charge >= 0.3 is 5.97 Å². The van der Waals surface area contributed by atoms with Crippen molar-refractivity contribution >= 4 is 18.0 Å². The number of esters is 1. The summed E-state index contributed by atoms with van der Waals surface area (Å²) < 4.78 is 5.16. The van der Waals surface area contributed by atoms with Crippen LogP contribution in [0.2, 0.25) is 0 Å². The first-order valence-electron chi connectivity index (χ1n) is 6.72. The normalized spacial score (nSPS) is 17.9. The number of hydrogen-bond donors (Lipinski definition) is 0.